The van der Waals surface area contributed by atoms with E-state index >= 15 is 0 Å². The van der Waals surface area contributed by atoms with E-state index in [1.54, 1.807) is 19.9 Å². The number of carbonyl (C=O) groups excluding carboxylic acids is 1. The Kier molecular flexibility index (Phi) is 5.12. The van der Waals surface area contributed by atoms with Crippen LogP contribution in [-0.2, 0) is 6.42 Å². The number of fused-ring (bicyclic) bond motifs is 2. The van der Waals surface area contributed by atoms with Crippen LogP contribution in [0.2, 0.25) is 0 Å². The van der Waals surface area contributed by atoms with Crippen molar-refractivity contribution in [2.24, 2.45) is 0 Å². The zero-order valence-corrected chi connectivity index (χ0v) is 18.6. The lowest BCUT2D eigenvalue weighted by Gasteiger charge is -2.30. The molecule has 7 nitrogen and oxygen atoms in total. The van der Waals surface area contributed by atoms with Crippen molar-refractivity contribution in [3.63, 3.8) is 0 Å². The van der Waals surface area contributed by atoms with Gasteiger partial charge in [-0.3, -0.25) is 4.79 Å². The quantitative estimate of drug-likeness (QED) is 0.557. The van der Waals surface area contributed by atoms with Crippen LogP contribution in [0, 0.1) is 0 Å². The summed E-state index contributed by atoms with van der Waals surface area (Å²) in [6.07, 6.45) is 3.42. The zero-order chi connectivity index (χ0) is 23.4. The number of ketones is 1. The zero-order valence-electron chi connectivity index (χ0n) is 18.6. The number of benzene rings is 2. The molecule has 0 saturated heterocycles. The van der Waals surface area contributed by atoms with Gasteiger partial charge in [0.15, 0.2) is 5.78 Å². The fraction of sp³-hybridized carbons (Fsp3) is 0.400. The van der Waals surface area contributed by atoms with Gasteiger partial charge in [0.1, 0.15) is 46.0 Å². The van der Waals surface area contributed by atoms with Crippen molar-refractivity contribution in [3.8, 4) is 28.7 Å². The van der Waals surface area contributed by atoms with E-state index in [-0.39, 0.29) is 52.7 Å². The van der Waals surface area contributed by atoms with Crippen LogP contribution in [0.25, 0.3) is 6.08 Å². The summed E-state index contributed by atoms with van der Waals surface area (Å²) < 4.78 is 11.8. The molecule has 32 heavy (non-hydrogen) atoms. The van der Waals surface area contributed by atoms with E-state index in [0.29, 0.717) is 17.7 Å². The maximum atomic E-state index is 12.9. The molecular formula is C25H28O7. The molecule has 2 aliphatic heterocycles. The molecule has 0 amide bonds. The molecule has 0 fully saturated rings. The highest BCUT2D eigenvalue weighted by Crippen LogP contribution is 2.47. The van der Waals surface area contributed by atoms with Gasteiger partial charge in [0.25, 0.3) is 0 Å². The van der Waals surface area contributed by atoms with Crippen LogP contribution in [0.4, 0.5) is 0 Å². The van der Waals surface area contributed by atoms with Gasteiger partial charge < -0.3 is 29.9 Å². The number of aromatic hydroxyl groups is 3. The molecule has 0 aromatic heterocycles. The largest absolute Gasteiger partial charge is 0.507 e. The molecule has 4 rings (SSSR count). The summed E-state index contributed by atoms with van der Waals surface area (Å²) in [6.45, 7) is 7.08. The molecule has 170 valence electrons. The highest BCUT2D eigenvalue weighted by Gasteiger charge is 2.35. The fourth-order valence-corrected chi connectivity index (χ4v) is 4.04. The first-order chi connectivity index (χ1) is 14.8. The molecule has 1 atom stereocenters. The number of ether oxygens (including phenoxy) is 2. The predicted molar refractivity (Wildman–Crippen MR) is 119 cm³/mol. The number of Topliss-reactive ketones (excluding diaryl/α,β-unsaturated/α-hetero) is 1. The van der Waals surface area contributed by atoms with Crippen molar-refractivity contribution >= 4 is 11.9 Å². The Bertz CT molecular complexity index is 1120. The normalized spacial score (nSPS) is 19.0. The standard InChI is InChI=1S/C25H28O7/c1-24(2,30)7-6-14-16(26)11-21-22(23(14)29)18(28)12-20(31-21)15-9-13-5-8-25(3,4)32-19(13)10-17(15)27/h5,8-11,20,26-27,29-30H,6-7,12H2,1-4H3. The molecule has 7 heteroatoms. The maximum Gasteiger partial charge on any atom is 0.174 e. The van der Waals surface area contributed by atoms with E-state index in [1.807, 2.05) is 26.0 Å². The third-order valence-electron chi connectivity index (χ3n) is 5.79. The average molecular weight is 440 g/mol. The number of rotatable bonds is 4. The van der Waals surface area contributed by atoms with Crippen LogP contribution >= 0.6 is 0 Å². The van der Waals surface area contributed by atoms with Crippen LogP contribution in [0.5, 0.6) is 28.7 Å². The monoisotopic (exact) mass is 440 g/mol. The molecule has 2 heterocycles. The van der Waals surface area contributed by atoms with E-state index in [0.717, 1.165) is 5.56 Å². The van der Waals surface area contributed by atoms with E-state index in [1.165, 1.54) is 12.1 Å². The second-order valence-electron chi connectivity index (χ2n) is 9.63. The smallest absolute Gasteiger partial charge is 0.174 e. The van der Waals surface area contributed by atoms with E-state index in [2.05, 4.69) is 0 Å². The van der Waals surface area contributed by atoms with Gasteiger partial charge in [-0.05, 0) is 52.7 Å². The Morgan fingerprint density at radius 2 is 1.78 bits per heavy atom. The second kappa shape index (κ2) is 7.45. The highest BCUT2D eigenvalue weighted by atomic mass is 16.5. The average Bonchev–Trinajstić information content (AvgIpc) is 2.65. The number of hydrogen-bond donors (Lipinski definition) is 4. The molecule has 2 aromatic rings. The minimum absolute atomic E-state index is 0.00669. The molecule has 4 N–H and O–H groups in total. The number of hydrogen-bond acceptors (Lipinski definition) is 7. The lowest BCUT2D eigenvalue weighted by atomic mass is 9.90. The Hall–Kier alpha value is -3.19. The number of phenolic OH excluding ortho intramolecular Hbond substituents is 3. The minimum Gasteiger partial charge on any atom is -0.507 e. The van der Waals surface area contributed by atoms with Crippen LogP contribution in [0.15, 0.2) is 24.3 Å². The van der Waals surface area contributed by atoms with Crippen molar-refractivity contribution in [1.29, 1.82) is 0 Å². The molecule has 0 bridgehead atoms. The van der Waals surface area contributed by atoms with Gasteiger partial charge in [0.2, 0.25) is 0 Å². The van der Waals surface area contributed by atoms with E-state index in [9.17, 15) is 25.2 Å². The number of carbonyl (C=O) groups is 1. The van der Waals surface area contributed by atoms with Gasteiger partial charge in [0.05, 0.1) is 12.0 Å². The molecular weight excluding hydrogens is 412 g/mol. The van der Waals surface area contributed by atoms with Gasteiger partial charge in [-0.25, -0.2) is 0 Å². The van der Waals surface area contributed by atoms with E-state index < -0.39 is 17.3 Å². The minimum atomic E-state index is -0.988. The van der Waals surface area contributed by atoms with Crippen LogP contribution in [-0.4, -0.2) is 37.4 Å². The molecule has 2 aliphatic rings. The SMILES string of the molecule is CC(C)(O)CCc1c(O)cc2c(c1O)C(=O)CC(c1cc3c(cc1O)OC(C)(C)C=C3)O2. The summed E-state index contributed by atoms with van der Waals surface area (Å²) in [5.41, 5.74) is -0.102. The lowest BCUT2D eigenvalue weighted by Crippen LogP contribution is -2.27. The van der Waals surface area contributed by atoms with Crippen molar-refractivity contribution in [3.05, 3.63) is 46.5 Å². The first-order valence-electron chi connectivity index (χ1n) is 10.6. The fourth-order valence-electron chi connectivity index (χ4n) is 4.04. The van der Waals surface area contributed by atoms with Crippen molar-refractivity contribution < 1.29 is 34.7 Å². The maximum absolute atomic E-state index is 12.9. The summed E-state index contributed by atoms with van der Waals surface area (Å²) >= 11 is 0. The summed E-state index contributed by atoms with van der Waals surface area (Å²) in [7, 11) is 0. The molecule has 0 aliphatic carbocycles. The van der Waals surface area contributed by atoms with Crippen LogP contribution in [0.3, 0.4) is 0 Å². The Morgan fingerprint density at radius 1 is 1.09 bits per heavy atom. The van der Waals surface area contributed by atoms with Gasteiger partial charge >= 0.3 is 0 Å². The topological polar surface area (TPSA) is 116 Å². The van der Waals surface area contributed by atoms with Gasteiger partial charge in [-0.2, -0.15) is 0 Å². The first kappa shape index (κ1) is 22.0. The summed E-state index contributed by atoms with van der Waals surface area (Å²) in [4.78, 5) is 12.9. The van der Waals surface area contributed by atoms with Crippen LogP contribution in [0.1, 0.15) is 73.7 Å². The van der Waals surface area contributed by atoms with Gasteiger partial charge in [0, 0.05) is 28.8 Å². The third kappa shape index (κ3) is 4.12. The Morgan fingerprint density at radius 3 is 2.47 bits per heavy atom. The second-order valence-corrected chi connectivity index (χ2v) is 9.63. The Labute approximate surface area is 186 Å². The number of aliphatic hydroxyl groups is 1. The summed E-state index contributed by atoms with van der Waals surface area (Å²) in [5.74, 6) is -0.380. The van der Waals surface area contributed by atoms with Crippen molar-refractivity contribution in [1.82, 2.24) is 0 Å². The summed E-state index contributed by atoms with van der Waals surface area (Å²) in [5, 5.41) is 41.7. The van der Waals surface area contributed by atoms with Crippen molar-refractivity contribution in [2.75, 3.05) is 0 Å². The molecule has 0 saturated carbocycles. The van der Waals surface area contributed by atoms with E-state index in [4.69, 9.17) is 9.47 Å². The third-order valence-corrected chi connectivity index (χ3v) is 5.79. The summed E-state index contributed by atoms with van der Waals surface area (Å²) in [6, 6.07) is 4.53. The Balaban J connectivity index is 1.67. The van der Waals surface area contributed by atoms with Crippen molar-refractivity contribution in [2.45, 2.75) is 64.3 Å². The van der Waals surface area contributed by atoms with Gasteiger partial charge in [-0.1, -0.05) is 6.08 Å². The van der Waals surface area contributed by atoms with Gasteiger partial charge in [-0.15, -0.1) is 0 Å². The molecule has 0 radical (unpaired) electrons. The molecule has 1 unspecified atom stereocenters. The molecule has 2 aromatic carbocycles. The predicted octanol–water partition coefficient (Wildman–Crippen LogP) is 4.40. The highest BCUT2D eigenvalue weighted by molar-refractivity contribution is 6.03. The first-order valence-corrected chi connectivity index (χ1v) is 10.6. The lowest BCUT2D eigenvalue weighted by molar-refractivity contribution is 0.0711. The van der Waals surface area contributed by atoms with Crippen LogP contribution < -0.4 is 9.47 Å². The molecule has 0 spiro atoms. The number of phenols is 3.